The van der Waals surface area contributed by atoms with Gasteiger partial charge in [0.25, 0.3) is 0 Å². The van der Waals surface area contributed by atoms with Crippen molar-refractivity contribution >= 4 is 34.6 Å². The third kappa shape index (κ3) is 3.73. The van der Waals surface area contributed by atoms with E-state index in [1.54, 1.807) is 7.11 Å². The highest BCUT2D eigenvalue weighted by Gasteiger charge is 2.19. The number of methoxy groups -OCH3 is 1. The number of rotatable bonds is 4. The van der Waals surface area contributed by atoms with Gasteiger partial charge in [0.2, 0.25) is 0 Å². The second kappa shape index (κ2) is 6.95. The lowest BCUT2D eigenvalue weighted by atomic mass is 10.2. The number of hydrogen-bond donors (Lipinski definition) is 1. The van der Waals surface area contributed by atoms with Gasteiger partial charge in [0.15, 0.2) is 0 Å². The van der Waals surface area contributed by atoms with Gasteiger partial charge in [-0.05, 0) is 24.2 Å². The Hall–Kier alpha value is -1.02. The molecule has 1 aliphatic rings. The molecule has 1 aromatic carbocycles. The van der Waals surface area contributed by atoms with Crippen LogP contribution < -0.4 is 10.3 Å². The largest absolute Gasteiger partial charge is 0.467 e. The van der Waals surface area contributed by atoms with Crippen LogP contribution in [0, 0.1) is 0 Å². The summed E-state index contributed by atoms with van der Waals surface area (Å²) in [5, 5.41) is 9.77. The summed E-state index contributed by atoms with van der Waals surface area (Å²) in [6.07, 6.45) is 0. The Labute approximate surface area is 128 Å². The third-order valence-corrected chi connectivity index (χ3v) is 3.81. The van der Waals surface area contributed by atoms with Gasteiger partial charge in [-0.25, -0.2) is 0 Å². The molecule has 1 N–H and O–H groups in total. The number of ether oxygens (including phenoxy) is 1. The van der Waals surface area contributed by atoms with E-state index in [2.05, 4.69) is 64.5 Å². The van der Waals surface area contributed by atoms with Crippen LogP contribution >= 0.6 is 22.9 Å². The van der Waals surface area contributed by atoms with E-state index in [0.29, 0.717) is 6.02 Å². The van der Waals surface area contributed by atoms with Gasteiger partial charge >= 0.3 is 6.02 Å². The average molecular weight is 374 g/mol. The van der Waals surface area contributed by atoms with E-state index >= 15 is 0 Å². The fraction of sp³-hybridized carbons (Fsp3) is 0.462. The number of benzene rings is 1. The minimum absolute atomic E-state index is 0.642. The molecule has 0 fully saturated rings. The summed E-state index contributed by atoms with van der Waals surface area (Å²) < 4.78 is 7.23. The first-order chi connectivity index (χ1) is 9.24. The molecule has 5 nitrogen and oxygen atoms in total. The van der Waals surface area contributed by atoms with E-state index in [0.717, 1.165) is 31.9 Å². The van der Waals surface area contributed by atoms with Gasteiger partial charge in [0.05, 0.1) is 48.8 Å². The first kappa shape index (κ1) is 14.4. The van der Waals surface area contributed by atoms with Crippen molar-refractivity contribution in [3.63, 3.8) is 0 Å². The zero-order valence-corrected chi connectivity index (χ0v) is 13.4. The van der Waals surface area contributed by atoms with E-state index in [1.165, 1.54) is 5.56 Å². The second-order valence-corrected chi connectivity index (χ2v) is 5.41. The summed E-state index contributed by atoms with van der Waals surface area (Å²) in [6, 6.07) is 9.12. The second-order valence-electron chi connectivity index (χ2n) is 4.24. The molecule has 0 spiro atoms. The Balaban J connectivity index is 2.07. The van der Waals surface area contributed by atoms with Crippen LogP contribution in [0.5, 0.6) is 0 Å². The zero-order valence-electron chi connectivity index (χ0n) is 11.3. The van der Waals surface area contributed by atoms with Crippen LogP contribution in [0.15, 0.2) is 29.4 Å². The summed E-state index contributed by atoms with van der Waals surface area (Å²) in [7, 11) is 1.65. The van der Waals surface area contributed by atoms with Gasteiger partial charge in [0, 0.05) is 6.54 Å². The number of amidine groups is 1. The molecule has 2 rings (SSSR count). The Kier molecular flexibility index (Phi) is 5.26. The molecule has 0 aromatic heterocycles. The quantitative estimate of drug-likeness (QED) is 0.648. The fourth-order valence-corrected chi connectivity index (χ4v) is 2.37. The summed E-state index contributed by atoms with van der Waals surface area (Å²) in [4.78, 5) is 0. The molecular weight excluding hydrogens is 355 g/mol. The van der Waals surface area contributed by atoms with Crippen molar-refractivity contribution in [2.75, 3.05) is 31.8 Å². The number of nitrogens with zero attached hydrogens (tertiary/aromatic N) is 3. The van der Waals surface area contributed by atoms with Crippen LogP contribution in [0.2, 0.25) is 0 Å². The number of anilines is 1. The number of hydrazone groups is 1. The van der Waals surface area contributed by atoms with Crippen molar-refractivity contribution in [2.45, 2.75) is 13.5 Å². The zero-order chi connectivity index (χ0) is 13.7. The van der Waals surface area contributed by atoms with Gasteiger partial charge in [-0.3, -0.25) is 8.12 Å². The first-order valence-electron chi connectivity index (χ1n) is 6.37. The molecular formula is C13H19IN4O. The van der Waals surface area contributed by atoms with Crippen molar-refractivity contribution < 1.29 is 4.74 Å². The van der Waals surface area contributed by atoms with Crippen molar-refractivity contribution in [1.82, 2.24) is 8.43 Å². The predicted octanol–water partition coefficient (Wildman–Crippen LogP) is 2.19. The molecule has 0 aliphatic carbocycles. The lowest BCUT2D eigenvalue weighted by Gasteiger charge is -2.29. The van der Waals surface area contributed by atoms with Crippen molar-refractivity contribution in [2.24, 2.45) is 5.10 Å². The maximum atomic E-state index is 5.25. The van der Waals surface area contributed by atoms with Gasteiger partial charge in [-0.15, -0.1) is 5.10 Å². The molecule has 0 unspecified atom stereocenters. The number of hydrogen-bond acceptors (Lipinski definition) is 5. The lowest BCUT2D eigenvalue weighted by molar-refractivity contribution is 0.344. The Morgan fingerprint density at radius 1 is 1.32 bits per heavy atom. The molecule has 0 atom stereocenters. The molecule has 19 heavy (non-hydrogen) atoms. The molecule has 104 valence electrons. The smallest absolute Gasteiger partial charge is 0.318 e. The molecule has 6 heteroatoms. The highest BCUT2D eigenvalue weighted by molar-refractivity contribution is 14.1. The Morgan fingerprint density at radius 3 is 2.68 bits per heavy atom. The first-order valence-corrected chi connectivity index (χ1v) is 7.34. The van der Waals surface area contributed by atoms with Crippen LogP contribution in [0.4, 0.5) is 5.69 Å². The normalized spacial score (nSPS) is 15.4. The molecule has 0 saturated carbocycles. The summed E-state index contributed by atoms with van der Waals surface area (Å²) in [5.74, 6) is 0. The molecule has 0 bridgehead atoms. The molecule has 1 aromatic rings. The van der Waals surface area contributed by atoms with Crippen molar-refractivity contribution in [3.8, 4) is 0 Å². The van der Waals surface area contributed by atoms with E-state index in [4.69, 9.17) is 4.74 Å². The van der Waals surface area contributed by atoms with Crippen LogP contribution in [0.3, 0.4) is 0 Å². The lowest BCUT2D eigenvalue weighted by Crippen LogP contribution is -2.39. The summed E-state index contributed by atoms with van der Waals surface area (Å²) in [6.45, 7) is 5.76. The molecule has 1 aliphatic heterocycles. The fourth-order valence-electron chi connectivity index (χ4n) is 1.86. The Morgan fingerprint density at radius 2 is 2.05 bits per heavy atom. The third-order valence-electron chi connectivity index (χ3n) is 2.92. The predicted molar refractivity (Wildman–Crippen MR) is 86.3 cm³/mol. The van der Waals surface area contributed by atoms with E-state index < -0.39 is 0 Å². The maximum absolute atomic E-state index is 5.25. The molecule has 1 heterocycles. The van der Waals surface area contributed by atoms with Crippen molar-refractivity contribution in [3.05, 3.63) is 29.8 Å². The monoisotopic (exact) mass is 374 g/mol. The van der Waals surface area contributed by atoms with Crippen molar-refractivity contribution in [1.29, 1.82) is 0 Å². The van der Waals surface area contributed by atoms with Gasteiger partial charge in [-0.1, -0.05) is 19.1 Å². The SMILES string of the molecule is CCNCc1ccc(N2CCN(I)C(OC)=N2)cc1. The molecule has 0 radical (unpaired) electrons. The average Bonchev–Trinajstić information content (AvgIpc) is 2.46. The molecule has 0 saturated heterocycles. The highest BCUT2D eigenvalue weighted by Crippen LogP contribution is 2.19. The topological polar surface area (TPSA) is 40.1 Å². The van der Waals surface area contributed by atoms with Gasteiger partial charge in [-0.2, -0.15) is 0 Å². The number of halogens is 1. The van der Waals surface area contributed by atoms with Crippen LogP contribution in [0.25, 0.3) is 0 Å². The van der Waals surface area contributed by atoms with E-state index in [1.807, 2.05) is 8.12 Å². The van der Waals surface area contributed by atoms with Gasteiger partial charge in [0.1, 0.15) is 0 Å². The maximum Gasteiger partial charge on any atom is 0.318 e. The minimum atomic E-state index is 0.642. The standard InChI is InChI=1S/C13H19IN4O/c1-3-15-10-11-4-6-12(7-5-11)18-9-8-17(14)13(16-18)19-2/h4-7,15H,3,8-10H2,1-2H3. The highest BCUT2D eigenvalue weighted by atomic mass is 127. The van der Waals surface area contributed by atoms with E-state index in [-0.39, 0.29) is 0 Å². The van der Waals surface area contributed by atoms with Crippen LogP contribution in [-0.4, -0.2) is 35.9 Å². The van der Waals surface area contributed by atoms with E-state index in [9.17, 15) is 0 Å². The van der Waals surface area contributed by atoms with Crippen LogP contribution in [-0.2, 0) is 11.3 Å². The number of nitrogens with one attached hydrogen (secondary N) is 1. The van der Waals surface area contributed by atoms with Gasteiger partial charge < -0.3 is 10.1 Å². The summed E-state index contributed by atoms with van der Waals surface area (Å²) in [5.41, 5.74) is 2.38. The molecule has 0 amide bonds. The minimum Gasteiger partial charge on any atom is -0.467 e. The van der Waals surface area contributed by atoms with Crippen LogP contribution in [0.1, 0.15) is 12.5 Å². The Bertz CT molecular complexity index is 435. The summed E-state index contributed by atoms with van der Waals surface area (Å²) >= 11 is 2.21.